The van der Waals surface area contributed by atoms with Crippen molar-refractivity contribution in [2.24, 2.45) is 4.99 Å². The fourth-order valence-corrected chi connectivity index (χ4v) is 2.95. The van der Waals surface area contributed by atoms with E-state index in [0.717, 1.165) is 58.3 Å². The molecule has 150 valence electrons. The molecule has 0 aliphatic carbocycles. The number of nitrogens with one attached hydrogen (secondary N) is 2. The monoisotopic (exact) mass is 368 g/mol. The highest BCUT2D eigenvalue weighted by Crippen LogP contribution is 2.01. The molecule has 2 N–H and O–H groups in total. The Bertz CT molecular complexity index is 457. The van der Waals surface area contributed by atoms with Crippen molar-refractivity contribution in [1.82, 2.24) is 25.3 Å². The third-order valence-electron chi connectivity index (χ3n) is 4.60. The second-order valence-electron chi connectivity index (χ2n) is 6.35. The molecule has 8 nitrogen and oxygen atoms in total. The summed E-state index contributed by atoms with van der Waals surface area (Å²) in [5.74, 6) is 1.07. The van der Waals surface area contributed by atoms with Crippen LogP contribution in [0.4, 0.5) is 0 Å². The molecule has 1 rings (SSSR count). The molecule has 2 amide bonds. The fourth-order valence-electron chi connectivity index (χ4n) is 2.95. The Morgan fingerprint density at radius 1 is 1.04 bits per heavy atom. The van der Waals surface area contributed by atoms with Crippen LogP contribution in [-0.4, -0.2) is 97.9 Å². The molecule has 0 aromatic carbocycles. The van der Waals surface area contributed by atoms with Crippen LogP contribution in [0.25, 0.3) is 0 Å². The van der Waals surface area contributed by atoms with E-state index in [1.165, 1.54) is 0 Å². The van der Waals surface area contributed by atoms with Crippen molar-refractivity contribution >= 4 is 17.8 Å². The Morgan fingerprint density at radius 2 is 1.69 bits per heavy atom. The zero-order valence-corrected chi connectivity index (χ0v) is 16.9. The number of hydrogen-bond donors (Lipinski definition) is 2. The molecule has 1 aliphatic rings. The zero-order chi connectivity index (χ0) is 19.4. The summed E-state index contributed by atoms with van der Waals surface area (Å²) in [6.07, 6.45) is 0.471. The third-order valence-corrected chi connectivity index (χ3v) is 4.60. The molecule has 1 saturated heterocycles. The largest absolute Gasteiger partial charge is 0.357 e. The maximum Gasteiger partial charge on any atom is 0.224 e. The average Bonchev–Trinajstić information content (AvgIpc) is 2.63. The summed E-state index contributed by atoms with van der Waals surface area (Å²) >= 11 is 0. The van der Waals surface area contributed by atoms with Crippen molar-refractivity contribution in [2.45, 2.75) is 34.1 Å². The van der Waals surface area contributed by atoms with Crippen LogP contribution in [-0.2, 0) is 9.59 Å². The first-order valence-corrected chi connectivity index (χ1v) is 9.79. The second kappa shape index (κ2) is 12.5. The number of rotatable bonds is 9. The first kappa shape index (κ1) is 22.2. The number of piperazine rings is 1. The molecule has 0 spiro atoms. The minimum Gasteiger partial charge on any atom is -0.357 e. The van der Waals surface area contributed by atoms with E-state index in [4.69, 9.17) is 0 Å². The van der Waals surface area contributed by atoms with E-state index in [1.54, 1.807) is 6.92 Å². The SMILES string of the molecule is CCNC(=NCCN1CCN(C(C)=O)CC1)NCCC(=O)N(CC)CC. The summed E-state index contributed by atoms with van der Waals surface area (Å²) in [7, 11) is 0. The Labute approximate surface area is 158 Å². The van der Waals surface area contributed by atoms with Crippen LogP contribution in [0.1, 0.15) is 34.1 Å². The highest BCUT2D eigenvalue weighted by molar-refractivity contribution is 5.81. The molecule has 8 heteroatoms. The van der Waals surface area contributed by atoms with Crippen molar-refractivity contribution in [1.29, 1.82) is 0 Å². The van der Waals surface area contributed by atoms with Crippen LogP contribution in [0.5, 0.6) is 0 Å². The number of aliphatic imine (C=N–C) groups is 1. The lowest BCUT2D eigenvalue weighted by Crippen LogP contribution is -2.48. The van der Waals surface area contributed by atoms with Gasteiger partial charge in [-0.1, -0.05) is 0 Å². The van der Waals surface area contributed by atoms with Gasteiger partial charge in [0.1, 0.15) is 0 Å². The molecule has 1 aliphatic heterocycles. The molecule has 0 aromatic heterocycles. The Balaban J connectivity index is 2.32. The molecule has 1 fully saturated rings. The lowest BCUT2D eigenvalue weighted by Gasteiger charge is -2.33. The van der Waals surface area contributed by atoms with E-state index < -0.39 is 0 Å². The summed E-state index contributed by atoms with van der Waals surface area (Å²) < 4.78 is 0. The highest BCUT2D eigenvalue weighted by Gasteiger charge is 2.17. The van der Waals surface area contributed by atoms with Crippen molar-refractivity contribution in [2.75, 3.05) is 65.4 Å². The first-order valence-electron chi connectivity index (χ1n) is 9.79. The topological polar surface area (TPSA) is 80.3 Å². The summed E-state index contributed by atoms with van der Waals surface area (Å²) in [6, 6.07) is 0. The Kier molecular flexibility index (Phi) is 10.7. The minimum atomic E-state index is 0.153. The zero-order valence-electron chi connectivity index (χ0n) is 16.9. The van der Waals surface area contributed by atoms with E-state index in [9.17, 15) is 9.59 Å². The number of carbonyl (C=O) groups excluding carboxylic acids is 2. The summed E-state index contributed by atoms with van der Waals surface area (Å²) in [6.45, 7) is 15.5. The number of carbonyl (C=O) groups is 2. The Hall–Kier alpha value is -1.83. The van der Waals surface area contributed by atoms with E-state index in [0.29, 0.717) is 19.5 Å². The van der Waals surface area contributed by atoms with Gasteiger partial charge in [0, 0.05) is 72.2 Å². The summed E-state index contributed by atoms with van der Waals surface area (Å²) in [5, 5.41) is 6.45. The van der Waals surface area contributed by atoms with Gasteiger partial charge in [0.15, 0.2) is 5.96 Å². The number of guanidine groups is 1. The van der Waals surface area contributed by atoms with Gasteiger partial charge in [0.25, 0.3) is 0 Å². The van der Waals surface area contributed by atoms with Gasteiger partial charge < -0.3 is 20.4 Å². The van der Waals surface area contributed by atoms with Crippen molar-refractivity contribution in [3.05, 3.63) is 0 Å². The molecule has 0 saturated carbocycles. The van der Waals surface area contributed by atoms with Crippen molar-refractivity contribution in [3.8, 4) is 0 Å². The van der Waals surface area contributed by atoms with Crippen molar-refractivity contribution in [3.63, 3.8) is 0 Å². The van der Waals surface area contributed by atoms with E-state index in [2.05, 4.69) is 20.5 Å². The Morgan fingerprint density at radius 3 is 2.23 bits per heavy atom. The van der Waals surface area contributed by atoms with Gasteiger partial charge in [-0.3, -0.25) is 19.5 Å². The van der Waals surface area contributed by atoms with E-state index >= 15 is 0 Å². The molecule has 1 heterocycles. The van der Waals surface area contributed by atoms with Crippen LogP contribution in [0.15, 0.2) is 4.99 Å². The number of amides is 2. The normalized spacial score (nSPS) is 15.7. The van der Waals surface area contributed by atoms with E-state index in [-0.39, 0.29) is 11.8 Å². The standard InChI is InChI=1S/C18H36N6O2/c1-5-19-18(20-9-8-17(26)23(6-2)7-3)21-10-11-22-12-14-24(15-13-22)16(4)25/h5-15H2,1-4H3,(H2,19,20,21). The lowest BCUT2D eigenvalue weighted by molar-refractivity contribution is -0.131. The maximum absolute atomic E-state index is 12.0. The van der Waals surface area contributed by atoms with Crippen LogP contribution < -0.4 is 10.6 Å². The quantitative estimate of drug-likeness (QED) is 0.441. The highest BCUT2D eigenvalue weighted by atomic mass is 16.2. The van der Waals surface area contributed by atoms with Gasteiger partial charge in [0.2, 0.25) is 11.8 Å². The van der Waals surface area contributed by atoms with Gasteiger partial charge in [-0.05, 0) is 20.8 Å². The smallest absolute Gasteiger partial charge is 0.224 e. The van der Waals surface area contributed by atoms with Crippen molar-refractivity contribution < 1.29 is 9.59 Å². The molecule has 0 radical (unpaired) electrons. The van der Waals surface area contributed by atoms with Crippen LogP contribution in [0.3, 0.4) is 0 Å². The van der Waals surface area contributed by atoms with Gasteiger partial charge in [-0.25, -0.2) is 0 Å². The minimum absolute atomic E-state index is 0.153. The first-order chi connectivity index (χ1) is 12.5. The molecule has 0 unspecified atom stereocenters. The molecular weight excluding hydrogens is 332 g/mol. The lowest BCUT2D eigenvalue weighted by atomic mass is 10.3. The molecular formula is C18H36N6O2. The molecule has 0 aromatic rings. The van der Waals surface area contributed by atoms with Crippen LogP contribution in [0.2, 0.25) is 0 Å². The molecule has 26 heavy (non-hydrogen) atoms. The number of nitrogens with zero attached hydrogens (tertiary/aromatic N) is 4. The predicted octanol–water partition coefficient (Wildman–Crippen LogP) is -0.0359. The summed E-state index contributed by atoms with van der Waals surface area (Å²) in [5.41, 5.74) is 0. The summed E-state index contributed by atoms with van der Waals surface area (Å²) in [4.78, 5) is 34.0. The maximum atomic E-state index is 12.0. The number of hydrogen-bond acceptors (Lipinski definition) is 4. The average molecular weight is 369 g/mol. The molecule has 0 bridgehead atoms. The predicted molar refractivity (Wildman–Crippen MR) is 105 cm³/mol. The van der Waals surface area contributed by atoms with Gasteiger partial charge in [0.05, 0.1) is 6.54 Å². The van der Waals surface area contributed by atoms with Gasteiger partial charge in [-0.2, -0.15) is 0 Å². The van der Waals surface area contributed by atoms with Crippen LogP contribution in [0, 0.1) is 0 Å². The van der Waals surface area contributed by atoms with Gasteiger partial charge in [-0.15, -0.1) is 0 Å². The fraction of sp³-hybridized carbons (Fsp3) is 0.833. The molecule has 0 atom stereocenters. The van der Waals surface area contributed by atoms with Gasteiger partial charge >= 0.3 is 0 Å². The van der Waals surface area contributed by atoms with E-state index in [1.807, 2.05) is 30.6 Å². The third kappa shape index (κ3) is 8.03. The van der Waals surface area contributed by atoms with Crippen LogP contribution >= 0.6 is 0 Å². The second-order valence-corrected chi connectivity index (χ2v) is 6.35.